The number of piperidine rings is 1. The molecule has 0 aliphatic carbocycles. The second kappa shape index (κ2) is 11.7. The van der Waals surface area contributed by atoms with Crippen molar-refractivity contribution in [2.75, 3.05) is 29.9 Å². The van der Waals surface area contributed by atoms with E-state index < -0.39 is 5.82 Å². The number of carbonyl (C=O) groups is 1. The van der Waals surface area contributed by atoms with Crippen LogP contribution in [0, 0.1) is 11.7 Å². The summed E-state index contributed by atoms with van der Waals surface area (Å²) in [6, 6.07) is 5.26. The number of nitrogens with one attached hydrogen (secondary N) is 1. The monoisotopic (exact) mass is 613 g/mol. The largest absolute Gasteiger partial charge is 0.351 e. The van der Waals surface area contributed by atoms with Gasteiger partial charge in [-0.1, -0.05) is 47.2 Å². The summed E-state index contributed by atoms with van der Waals surface area (Å²) in [5, 5.41) is 3.57. The number of hydrogen-bond donors (Lipinski definition) is 1. The van der Waals surface area contributed by atoms with E-state index in [-0.39, 0.29) is 28.8 Å². The summed E-state index contributed by atoms with van der Waals surface area (Å²) < 4.78 is 14.9. The summed E-state index contributed by atoms with van der Waals surface area (Å²) in [7, 11) is 2.06. The molecule has 4 atom stereocenters. The zero-order valence-corrected chi connectivity index (χ0v) is 23.5. The number of alkyl halides is 1. The van der Waals surface area contributed by atoms with Crippen molar-refractivity contribution in [1.82, 2.24) is 19.8 Å². The Hall–Kier alpha value is -1.52. The first-order chi connectivity index (χ1) is 16.8. The van der Waals surface area contributed by atoms with Crippen molar-refractivity contribution in [3.63, 3.8) is 0 Å². The molecule has 1 fully saturated rings. The molecule has 9 heteroatoms. The molecule has 3 heterocycles. The van der Waals surface area contributed by atoms with Gasteiger partial charge in [0.25, 0.3) is 0 Å². The van der Waals surface area contributed by atoms with Crippen molar-refractivity contribution in [3.05, 3.63) is 52.1 Å². The maximum atomic E-state index is 14.0. The van der Waals surface area contributed by atoms with Crippen LogP contribution in [0.5, 0.6) is 0 Å². The van der Waals surface area contributed by atoms with Gasteiger partial charge in [0.05, 0.1) is 17.3 Å². The summed E-state index contributed by atoms with van der Waals surface area (Å²) in [6.07, 6.45) is 5.49. The van der Waals surface area contributed by atoms with Gasteiger partial charge in [0.15, 0.2) is 0 Å². The van der Waals surface area contributed by atoms with Crippen LogP contribution >= 0.6 is 34.2 Å². The molecule has 0 bridgehead atoms. The van der Waals surface area contributed by atoms with Crippen LogP contribution < -0.4 is 5.32 Å². The van der Waals surface area contributed by atoms with Crippen LogP contribution in [0.4, 0.5) is 10.3 Å². The lowest BCUT2D eigenvalue weighted by atomic mass is 9.79. The van der Waals surface area contributed by atoms with E-state index in [0.29, 0.717) is 18.5 Å². The number of likely N-dealkylation sites (tertiary alicyclic amines) is 1. The third kappa shape index (κ3) is 6.07. The summed E-state index contributed by atoms with van der Waals surface area (Å²) in [5.41, 5.74) is 2.95. The Morgan fingerprint density at radius 3 is 2.91 bits per heavy atom. The molecule has 1 amide bonds. The minimum Gasteiger partial charge on any atom is -0.351 e. The van der Waals surface area contributed by atoms with Crippen LogP contribution in [0.3, 0.4) is 0 Å². The molecule has 1 N–H and O–H groups in total. The van der Waals surface area contributed by atoms with E-state index in [9.17, 15) is 9.18 Å². The van der Waals surface area contributed by atoms with E-state index in [0.717, 1.165) is 60.0 Å². The van der Waals surface area contributed by atoms with Gasteiger partial charge < -0.3 is 15.1 Å². The molecule has 2 aromatic rings. The van der Waals surface area contributed by atoms with Crippen molar-refractivity contribution < 1.29 is 9.18 Å². The van der Waals surface area contributed by atoms with E-state index in [1.165, 1.54) is 6.07 Å². The molecule has 35 heavy (non-hydrogen) atoms. The second-order valence-electron chi connectivity index (χ2n) is 9.85. The highest BCUT2D eigenvalue weighted by molar-refractivity contribution is 14.1. The average Bonchev–Trinajstić information content (AvgIpc) is 2.84. The molecule has 0 radical (unpaired) electrons. The average molecular weight is 614 g/mol. The maximum Gasteiger partial charge on any atom is 0.227 e. The van der Waals surface area contributed by atoms with Crippen LogP contribution in [0.1, 0.15) is 55.8 Å². The first kappa shape index (κ1) is 26.5. The van der Waals surface area contributed by atoms with Crippen LogP contribution in [0.15, 0.2) is 24.4 Å². The molecule has 2 aliphatic heterocycles. The van der Waals surface area contributed by atoms with Crippen LogP contribution in [0.25, 0.3) is 0 Å². The van der Waals surface area contributed by atoms with Gasteiger partial charge in [0.1, 0.15) is 5.82 Å². The van der Waals surface area contributed by atoms with E-state index in [1.807, 2.05) is 11.1 Å². The number of nitrogens with zero attached hydrogens (tertiary/aromatic N) is 4. The van der Waals surface area contributed by atoms with Gasteiger partial charge in [0.2, 0.25) is 11.9 Å². The number of fused-ring (bicyclic) bond motifs is 1. The topological polar surface area (TPSA) is 61.4 Å². The number of amides is 1. The van der Waals surface area contributed by atoms with Crippen molar-refractivity contribution in [2.45, 2.75) is 64.1 Å². The number of halogens is 3. The predicted octanol–water partition coefficient (Wildman–Crippen LogP) is 5.29. The zero-order valence-electron chi connectivity index (χ0n) is 20.6. The van der Waals surface area contributed by atoms with E-state index >= 15 is 0 Å². The SMILES string of the molecule is CCC(CCI)Nc1ncc2c(n1)CN(C(=O)[C@H]1CCN(C)C[C@@H]1c1ccc(F)c(Cl)c1)[C@H](C)C2. The normalized spacial score (nSPS) is 23.6. The van der Waals surface area contributed by atoms with Gasteiger partial charge in [-0.3, -0.25) is 4.79 Å². The third-order valence-corrected chi connectivity index (χ3v) is 8.31. The van der Waals surface area contributed by atoms with Crippen molar-refractivity contribution >= 4 is 46.0 Å². The molecule has 1 saturated heterocycles. The first-order valence-corrected chi connectivity index (χ1v) is 14.3. The lowest BCUT2D eigenvalue weighted by Crippen LogP contribution is -2.50. The summed E-state index contributed by atoms with van der Waals surface area (Å²) in [5.74, 6) is 0.141. The molecule has 0 saturated carbocycles. The fraction of sp³-hybridized carbons (Fsp3) is 0.577. The first-order valence-electron chi connectivity index (χ1n) is 12.4. The van der Waals surface area contributed by atoms with Gasteiger partial charge in [-0.25, -0.2) is 14.4 Å². The van der Waals surface area contributed by atoms with Gasteiger partial charge in [-0.05, 0) is 69.5 Å². The summed E-state index contributed by atoms with van der Waals surface area (Å²) >= 11 is 8.49. The number of rotatable bonds is 7. The Labute approximate surface area is 226 Å². The second-order valence-corrected chi connectivity index (χ2v) is 11.3. The van der Waals surface area contributed by atoms with Gasteiger partial charge in [0, 0.05) is 41.1 Å². The number of aromatic nitrogens is 2. The predicted molar refractivity (Wildman–Crippen MR) is 147 cm³/mol. The third-order valence-electron chi connectivity index (χ3n) is 7.39. The van der Waals surface area contributed by atoms with Crippen molar-refractivity contribution in [3.8, 4) is 0 Å². The van der Waals surface area contributed by atoms with E-state index in [4.69, 9.17) is 16.6 Å². The van der Waals surface area contributed by atoms with Gasteiger partial charge >= 0.3 is 0 Å². The minimum absolute atomic E-state index is 0.0332. The maximum absolute atomic E-state index is 14.0. The molecule has 4 rings (SSSR count). The van der Waals surface area contributed by atoms with E-state index in [1.54, 1.807) is 12.1 Å². The Morgan fingerprint density at radius 1 is 1.40 bits per heavy atom. The Kier molecular flexibility index (Phi) is 8.86. The Morgan fingerprint density at radius 2 is 2.20 bits per heavy atom. The number of carbonyl (C=O) groups excluding carboxylic acids is 1. The van der Waals surface area contributed by atoms with Crippen LogP contribution in [0.2, 0.25) is 5.02 Å². The fourth-order valence-electron chi connectivity index (χ4n) is 5.26. The minimum atomic E-state index is -0.434. The fourth-order valence-corrected chi connectivity index (χ4v) is 6.20. The van der Waals surface area contributed by atoms with Gasteiger partial charge in [-0.15, -0.1) is 0 Å². The number of hydrogen-bond acceptors (Lipinski definition) is 5. The highest BCUT2D eigenvalue weighted by Gasteiger charge is 2.39. The number of likely N-dealkylation sites (N-methyl/N-ethyl adjacent to an activating group) is 1. The number of anilines is 1. The zero-order chi connectivity index (χ0) is 25.1. The molecular weight excluding hydrogens is 580 g/mol. The van der Waals surface area contributed by atoms with Crippen molar-refractivity contribution in [1.29, 1.82) is 0 Å². The lowest BCUT2D eigenvalue weighted by molar-refractivity contribution is -0.141. The van der Waals surface area contributed by atoms with Gasteiger partial charge in [-0.2, -0.15) is 0 Å². The molecule has 1 aromatic heterocycles. The molecule has 1 unspecified atom stereocenters. The summed E-state index contributed by atoms with van der Waals surface area (Å²) in [6.45, 7) is 6.34. The molecule has 190 valence electrons. The van der Waals surface area contributed by atoms with Crippen molar-refractivity contribution in [2.24, 2.45) is 5.92 Å². The molecule has 1 aromatic carbocycles. The smallest absolute Gasteiger partial charge is 0.227 e. The van der Waals surface area contributed by atoms with Crippen LogP contribution in [-0.4, -0.2) is 62.3 Å². The van der Waals surface area contributed by atoms with E-state index in [2.05, 4.69) is 58.7 Å². The van der Waals surface area contributed by atoms with Crippen LogP contribution in [-0.2, 0) is 17.8 Å². The number of benzene rings is 1. The molecule has 6 nitrogen and oxygen atoms in total. The molecule has 2 aliphatic rings. The Balaban J connectivity index is 1.56. The molecule has 0 spiro atoms. The molecular formula is C26H34ClFIN5O. The highest BCUT2D eigenvalue weighted by Crippen LogP contribution is 2.36. The highest BCUT2D eigenvalue weighted by atomic mass is 127. The lowest BCUT2D eigenvalue weighted by Gasteiger charge is -2.42. The quantitative estimate of drug-likeness (QED) is 0.340. The summed E-state index contributed by atoms with van der Waals surface area (Å²) in [4.78, 5) is 27.5. The Bertz CT molecular complexity index is 1060. The standard InChI is InChI=1S/C26H34ClFIN5O/c1-4-19(7-9-29)31-26-30-13-18-11-16(2)34(15-24(18)32-26)25(35)20-8-10-33(3)14-21(20)17-5-6-23(28)22(27)12-17/h5-6,12-13,16,19-21H,4,7-11,14-15H2,1-3H3,(H,30,31,32)/t16-,19?,20+,21-/m1/s1.